The van der Waals surface area contributed by atoms with Gasteiger partial charge in [-0.3, -0.25) is 0 Å². The minimum absolute atomic E-state index is 0.594. The van der Waals surface area contributed by atoms with Gasteiger partial charge in [-0.15, -0.1) is 0 Å². The Hall–Kier alpha value is -1.38. The molecule has 3 nitrogen and oxygen atoms in total. The number of furan rings is 1. The predicted octanol–water partition coefficient (Wildman–Crippen LogP) is 2.39. The molecule has 0 amide bonds. The van der Waals surface area contributed by atoms with Crippen molar-refractivity contribution < 1.29 is 13.9 Å². The first-order valence-corrected chi connectivity index (χ1v) is 4.34. The number of hydrogen-bond acceptors (Lipinski definition) is 3. The van der Waals surface area contributed by atoms with Gasteiger partial charge < -0.3 is 13.9 Å². The van der Waals surface area contributed by atoms with Gasteiger partial charge >= 0.3 is 0 Å². The topological polar surface area (TPSA) is 31.6 Å². The van der Waals surface area contributed by atoms with Gasteiger partial charge in [-0.05, 0) is 19.9 Å². The van der Waals surface area contributed by atoms with Crippen LogP contribution in [0.2, 0.25) is 0 Å². The second-order valence-corrected chi connectivity index (χ2v) is 2.88. The van der Waals surface area contributed by atoms with Gasteiger partial charge in [-0.1, -0.05) is 6.08 Å². The highest BCUT2D eigenvalue weighted by Gasteiger charge is 2.22. The number of hydrogen-bond donors (Lipinski definition) is 0. The maximum atomic E-state index is 5.47. The van der Waals surface area contributed by atoms with Gasteiger partial charge in [0.2, 0.25) is 11.5 Å². The number of rotatable bonds is 1. The standard InChI is InChI=1S/C10H12O3/c1-3-4-8-10-9(7(2)13-8)11-5-6-12-10/h3-4H,5-6H2,1-2H3/b4-3+. The Labute approximate surface area is 76.9 Å². The summed E-state index contributed by atoms with van der Waals surface area (Å²) in [6, 6.07) is 0. The van der Waals surface area contributed by atoms with Crippen LogP contribution in [-0.4, -0.2) is 13.2 Å². The molecule has 0 spiro atoms. The third-order valence-electron chi connectivity index (χ3n) is 1.91. The molecular formula is C10H12O3. The summed E-state index contributed by atoms with van der Waals surface area (Å²) >= 11 is 0. The van der Waals surface area contributed by atoms with Crippen LogP contribution in [0.5, 0.6) is 11.5 Å². The molecule has 0 unspecified atom stereocenters. The summed E-state index contributed by atoms with van der Waals surface area (Å²) in [5.41, 5.74) is 0. The summed E-state index contributed by atoms with van der Waals surface area (Å²) in [4.78, 5) is 0. The fourth-order valence-corrected chi connectivity index (χ4v) is 1.38. The molecule has 13 heavy (non-hydrogen) atoms. The van der Waals surface area contributed by atoms with Crippen molar-refractivity contribution >= 4 is 6.08 Å². The van der Waals surface area contributed by atoms with Gasteiger partial charge in [0, 0.05) is 0 Å². The van der Waals surface area contributed by atoms with E-state index in [9.17, 15) is 0 Å². The van der Waals surface area contributed by atoms with Crippen LogP contribution in [0.3, 0.4) is 0 Å². The van der Waals surface area contributed by atoms with Gasteiger partial charge in [0.05, 0.1) is 0 Å². The molecule has 0 saturated heterocycles. The van der Waals surface area contributed by atoms with Crippen molar-refractivity contribution in [1.29, 1.82) is 0 Å². The number of ether oxygens (including phenoxy) is 2. The van der Waals surface area contributed by atoms with Gasteiger partial charge in [0.15, 0.2) is 5.76 Å². The molecule has 70 valence electrons. The van der Waals surface area contributed by atoms with E-state index in [1.165, 1.54) is 0 Å². The molecule has 1 aliphatic rings. The van der Waals surface area contributed by atoms with E-state index in [4.69, 9.17) is 13.9 Å². The Morgan fingerprint density at radius 2 is 1.85 bits per heavy atom. The van der Waals surface area contributed by atoms with E-state index in [0.717, 1.165) is 23.0 Å². The third-order valence-corrected chi connectivity index (χ3v) is 1.91. The van der Waals surface area contributed by atoms with Crippen LogP contribution in [0.25, 0.3) is 6.08 Å². The van der Waals surface area contributed by atoms with Crippen molar-refractivity contribution in [2.24, 2.45) is 0 Å². The van der Waals surface area contributed by atoms with E-state index in [0.29, 0.717) is 13.2 Å². The average Bonchev–Trinajstić information content (AvgIpc) is 2.46. The Morgan fingerprint density at radius 1 is 1.15 bits per heavy atom. The lowest BCUT2D eigenvalue weighted by molar-refractivity contribution is 0.172. The summed E-state index contributed by atoms with van der Waals surface area (Å²) in [7, 11) is 0. The molecule has 0 N–H and O–H groups in total. The van der Waals surface area contributed by atoms with Gasteiger partial charge in [0.1, 0.15) is 19.0 Å². The van der Waals surface area contributed by atoms with E-state index in [1.807, 2.05) is 26.0 Å². The molecule has 2 rings (SSSR count). The predicted molar refractivity (Wildman–Crippen MR) is 49.1 cm³/mol. The van der Waals surface area contributed by atoms with Crippen LogP contribution in [0, 0.1) is 6.92 Å². The zero-order valence-electron chi connectivity index (χ0n) is 7.79. The quantitative estimate of drug-likeness (QED) is 0.665. The first-order chi connectivity index (χ1) is 6.33. The minimum Gasteiger partial charge on any atom is -0.483 e. The minimum atomic E-state index is 0.594. The van der Waals surface area contributed by atoms with E-state index in [-0.39, 0.29) is 0 Å². The van der Waals surface area contributed by atoms with E-state index >= 15 is 0 Å². The molecule has 1 aliphatic heterocycles. The smallest absolute Gasteiger partial charge is 0.207 e. The highest BCUT2D eigenvalue weighted by Crippen LogP contribution is 2.40. The maximum absolute atomic E-state index is 5.47. The Balaban J connectivity index is 2.47. The Bertz CT molecular complexity index is 336. The lowest BCUT2D eigenvalue weighted by Gasteiger charge is -2.14. The molecule has 2 heterocycles. The number of allylic oxidation sites excluding steroid dienone is 1. The Kier molecular flexibility index (Phi) is 2.00. The number of fused-ring (bicyclic) bond motifs is 1. The summed E-state index contributed by atoms with van der Waals surface area (Å²) in [6.45, 7) is 5.01. The number of aryl methyl sites for hydroxylation is 1. The van der Waals surface area contributed by atoms with Gasteiger partial charge in [-0.25, -0.2) is 0 Å². The lowest BCUT2D eigenvalue weighted by Crippen LogP contribution is -2.14. The molecule has 0 fully saturated rings. The monoisotopic (exact) mass is 180 g/mol. The second kappa shape index (κ2) is 3.17. The molecule has 0 bridgehead atoms. The fraction of sp³-hybridized carbons (Fsp3) is 0.400. The summed E-state index contributed by atoms with van der Waals surface area (Å²) < 4.78 is 16.4. The molecule has 1 aromatic rings. The van der Waals surface area contributed by atoms with Crippen molar-refractivity contribution in [3.05, 3.63) is 17.6 Å². The molecule has 0 atom stereocenters. The first kappa shape index (κ1) is 8.23. The van der Waals surface area contributed by atoms with Gasteiger partial charge in [0.25, 0.3) is 0 Å². The SMILES string of the molecule is C/C=C/c1oc(C)c2c1OCCO2. The van der Waals surface area contributed by atoms with Crippen LogP contribution in [-0.2, 0) is 0 Å². The van der Waals surface area contributed by atoms with Crippen molar-refractivity contribution in [3.8, 4) is 11.5 Å². The van der Waals surface area contributed by atoms with E-state index < -0.39 is 0 Å². The average molecular weight is 180 g/mol. The van der Waals surface area contributed by atoms with Crippen molar-refractivity contribution in [1.82, 2.24) is 0 Å². The lowest BCUT2D eigenvalue weighted by atomic mass is 10.3. The van der Waals surface area contributed by atoms with E-state index in [2.05, 4.69) is 0 Å². The first-order valence-electron chi connectivity index (χ1n) is 4.34. The second-order valence-electron chi connectivity index (χ2n) is 2.88. The zero-order chi connectivity index (χ0) is 9.26. The fourth-order valence-electron chi connectivity index (χ4n) is 1.38. The summed E-state index contributed by atoms with van der Waals surface area (Å²) in [5.74, 6) is 3.01. The van der Waals surface area contributed by atoms with Crippen LogP contribution < -0.4 is 9.47 Å². The van der Waals surface area contributed by atoms with Crippen molar-refractivity contribution in [3.63, 3.8) is 0 Å². The van der Waals surface area contributed by atoms with Crippen LogP contribution in [0.4, 0.5) is 0 Å². The van der Waals surface area contributed by atoms with Crippen LogP contribution >= 0.6 is 0 Å². The summed E-state index contributed by atoms with van der Waals surface area (Å²) in [5, 5.41) is 0. The normalized spacial score (nSPS) is 15.2. The van der Waals surface area contributed by atoms with Crippen molar-refractivity contribution in [2.75, 3.05) is 13.2 Å². The maximum Gasteiger partial charge on any atom is 0.207 e. The highest BCUT2D eigenvalue weighted by atomic mass is 16.6. The van der Waals surface area contributed by atoms with E-state index in [1.54, 1.807) is 0 Å². The van der Waals surface area contributed by atoms with Crippen molar-refractivity contribution in [2.45, 2.75) is 13.8 Å². The third kappa shape index (κ3) is 1.30. The molecule has 3 heteroatoms. The molecular weight excluding hydrogens is 168 g/mol. The molecule has 1 aromatic heterocycles. The molecule has 0 aromatic carbocycles. The van der Waals surface area contributed by atoms with Crippen LogP contribution in [0.15, 0.2) is 10.5 Å². The molecule has 0 aliphatic carbocycles. The zero-order valence-corrected chi connectivity index (χ0v) is 7.79. The molecule has 0 saturated carbocycles. The van der Waals surface area contributed by atoms with Crippen LogP contribution in [0.1, 0.15) is 18.4 Å². The largest absolute Gasteiger partial charge is 0.483 e. The summed E-state index contributed by atoms with van der Waals surface area (Å²) in [6.07, 6.45) is 3.79. The highest BCUT2D eigenvalue weighted by molar-refractivity contribution is 5.59. The Morgan fingerprint density at radius 3 is 2.54 bits per heavy atom. The van der Waals surface area contributed by atoms with Gasteiger partial charge in [-0.2, -0.15) is 0 Å². The molecule has 0 radical (unpaired) electrons.